The van der Waals surface area contributed by atoms with Crippen molar-refractivity contribution in [3.63, 3.8) is 0 Å². The van der Waals surface area contributed by atoms with E-state index in [1.807, 2.05) is 6.92 Å². The van der Waals surface area contributed by atoms with Gasteiger partial charge >= 0.3 is 6.18 Å². The van der Waals surface area contributed by atoms with Crippen molar-refractivity contribution in [2.75, 3.05) is 7.05 Å². The van der Waals surface area contributed by atoms with Gasteiger partial charge in [0.15, 0.2) is 5.69 Å². The summed E-state index contributed by atoms with van der Waals surface area (Å²) in [5.74, 6) is 0.367. The van der Waals surface area contributed by atoms with E-state index in [0.717, 1.165) is 16.4 Å². The quantitative estimate of drug-likeness (QED) is 0.678. The van der Waals surface area contributed by atoms with Gasteiger partial charge in [-0.2, -0.15) is 18.3 Å². The van der Waals surface area contributed by atoms with Crippen LogP contribution in [-0.2, 0) is 12.7 Å². The van der Waals surface area contributed by atoms with E-state index in [-0.39, 0.29) is 12.2 Å². The first-order valence-corrected chi connectivity index (χ1v) is 8.20. The first kappa shape index (κ1) is 18.8. The Labute approximate surface area is 154 Å². The second-order valence-electron chi connectivity index (χ2n) is 6.33. The summed E-state index contributed by atoms with van der Waals surface area (Å²) in [6.45, 7) is 3.64. The number of aryl methyl sites for hydroxylation is 2. The lowest BCUT2D eigenvalue weighted by Gasteiger charge is -2.17. The summed E-state index contributed by atoms with van der Waals surface area (Å²) >= 11 is 0. The van der Waals surface area contributed by atoms with E-state index < -0.39 is 23.3 Å². The fourth-order valence-electron chi connectivity index (χ4n) is 2.74. The maximum Gasteiger partial charge on any atom is 0.434 e. The molecule has 1 amide bonds. The summed E-state index contributed by atoms with van der Waals surface area (Å²) in [6, 6.07) is 9.83. The minimum absolute atomic E-state index is 0.0552. The van der Waals surface area contributed by atoms with Gasteiger partial charge in [0, 0.05) is 7.05 Å². The Morgan fingerprint density at radius 1 is 1.15 bits per heavy atom. The lowest BCUT2D eigenvalue weighted by molar-refractivity contribution is -0.143. The molecule has 0 N–H and O–H groups in total. The first-order chi connectivity index (χ1) is 12.7. The van der Waals surface area contributed by atoms with Crippen molar-refractivity contribution in [1.29, 1.82) is 0 Å². The number of alkyl halides is 3. The zero-order valence-corrected chi connectivity index (χ0v) is 15.0. The SMILES string of the molecule is Cc1ccc(-n2ncc(C(=O)N(C)Cc3ccc(C)o3)c2C(F)(F)F)cc1. The predicted molar refractivity (Wildman–Crippen MR) is 92.5 cm³/mol. The molecule has 0 aliphatic carbocycles. The zero-order valence-electron chi connectivity index (χ0n) is 15.0. The molecule has 0 saturated carbocycles. The molecular formula is C19H18F3N3O2. The molecule has 3 rings (SSSR count). The van der Waals surface area contributed by atoms with Crippen molar-refractivity contribution < 1.29 is 22.4 Å². The smallest absolute Gasteiger partial charge is 0.434 e. The summed E-state index contributed by atoms with van der Waals surface area (Å²) in [4.78, 5) is 13.8. The van der Waals surface area contributed by atoms with Crippen LogP contribution in [0.15, 0.2) is 47.0 Å². The van der Waals surface area contributed by atoms with Gasteiger partial charge in [-0.3, -0.25) is 4.79 Å². The zero-order chi connectivity index (χ0) is 19.8. The highest BCUT2D eigenvalue weighted by molar-refractivity contribution is 5.95. The van der Waals surface area contributed by atoms with Gasteiger partial charge in [-0.05, 0) is 38.1 Å². The number of nitrogens with zero attached hydrogens (tertiary/aromatic N) is 3. The van der Waals surface area contributed by atoms with Crippen LogP contribution in [0.2, 0.25) is 0 Å². The van der Waals surface area contributed by atoms with E-state index in [1.165, 1.54) is 24.1 Å². The molecule has 0 aliphatic heterocycles. The van der Waals surface area contributed by atoms with E-state index in [1.54, 1.807) is 31.2 Å². The summed E-state index contributed by atoms with van der Waals surface area (Å²) in [6.07, 6.45) is -3.79. The molecule has 3 aromatic rings. The largest absolute Gasteiger partial charge is 0.464 e. The third-order valence-corrected chi connectivity index (χ3v) is 4.08. The monoisotopic (exact) mass is 377 g/mol. The summed E-state index contributed by atoms with van der Waals surface area (Å²) in [7, 11) is 1.42. The Morgan fingerprint density at radius 2 is 1.81 bits per heavy atom. The Morgan fingerprint density at radius 3 is 2.37 bits per heavy atom. The molecule has 2 heterocycles. The molecule has 0 spiro atoms. The molecule has 142 valence electrons. The average molecular weight is 377 g/mol. The topological polar surface area (TPSA) is 51.3 Å². The first-order valence-electron chi connectivity index (χ1n) is 8.20. The number of aromatic nitrogens is 2. The van der Waals surface area contributed by atoms with Gasteiger partial charge in [-0.25, -0.2) is 4.68 Å². The number of rotatable bonds is 4. The van der Waals surface area contributed by atoms with Crippen molar-refractivity contribution >= 4 is 5.91 Å². The minimum atomic E-state index is -4.74. The van der Waals surface area contributed by atoms with E-state index in [0.29, 0.717) is 11.5 Å². The van der Waals surface area contributed by atoms with E-state index in [9.17, 15) is 18.0 Å². The van der Waals surface area contributed by atoms with Crippen molar-refractivity contribution in [1.82, 2.24) is 14.7 Å². The molecule has 0 aliphatic rings. The molecule has 0 radical (unpaired) electrons. The highest BCUT2D eigenvalue weighted by Crippen LogP contribution is 2.34. The summed E-state index contributed by atoms with van der Waals surface area (Å²) in [5, 5.41) is 3.82. The van der Waals surface area contributed by atoms with Crippen LogP contribution >= 0.6 is 0 Å². The molecule has 0 fully saturated rings. The number of carbonyl (C=O) groups is 1. The molecular weight excluding hydrogens is 359 g/mol. The average Bonchev–Trinajstić information content (AvgIpc) is 3.21. The minimum Gasteiger partial charge on any atom is -0.464 e. The van der Waals surface area contributed by atoms with Gasteiger partial charge in [0.05, 0.1) is 24.0 Å². The normalized spacial score (nSPS) is 11.6. The second-order valence-corrected chi connectivity index (χ2v) is 6.33. The van der Waals surface area contributed by atoms with Gasteiger partial charge in [-0.15, -0.1) is 0 Å². The summed E-state index contributed by atoms with van der Waals surface area (Å²) in [5.41, 5.74) is -0.465. The molecule has 0 atom stereocenters. The number of amides is 1. The van der Waals surface area contributed by atoms with Crippen LogP contribution in [0, 0.1) is 13.8 Å². The number of hydrogen-bond acceptors (Lipinski definition) is 3. The second kappa shape index (κ2) is 6.94. The number of furan rings is 1. The van der Waals surface area contributed by atoms with Gasteiger partial charge in [0.1, 0.15) is 11.5 Å². The maximum absolute atomic E-state index is 13.7. The highest BCUT2D eigenvalue weighted by atomic mass is 19.4. The van der Waals surface area contributed by atoms with Crippen LogP contribution in [-0.4, -0.2) is 27.6 Å². The Hall–Kier alpha value is -3.03. The Balaban J connectivity index is 1.97. The maximum atomic E-state index is 13.7. The van der Waals surface area contributed by atoms with Gasteiger partial charge in [-0.1, -0.05) is 17.7 Å². The van der Waals surface area contributed by atoms with Crippen LogP contribution < -0.4 is 0 Å². The summed E-state index contributed by atoms with van der Waals surface area (Å²) < 4.78 is 47.3. The number of halogens is 3. The molecule has 2 aromatic heterocycles. The van der Waals surface area contributed by atoms with Crippen LogP contribution in [0.1, 0.15) is 33.1 Å². The van der Waals surface area contributed by atoms with Gasteiger partial charge in [0.25, 0.3) is 5.91 Å². The van der Waals surface area contributed by atoms with E-state index >= 15 is 0 Å². The molecule has 0 bridgehead atoms. The number of benzene rings is 1. The van der Waals surface area contributed by atoms with Crippen molar-refractivity contribution in [2.24, 2.45) is 0 Å². The van der Waals surface area contributed by atoms with Crippen molar-refractivity contribution in [2.45, 2.75) is 26.6 Å². The van der Waals surface area contributed by atoms with Gasteiger partial charge in [0.2, 0.25) is 0 Å². The Kier molecular flexibility index (Phi) is 4.82. The van der Waals surface area contributed by atoms with Crippen LogP contribution in [0.4, 0.5) is 13.2 Å². The fourth-order valence-corrected chi connectivity index (χ4v) is 2.74. The van der Waals surface area contributed by atoms with Crippen LogP contribution in [0.25, 0.3) is 5.69 Å². The number of carbonyl (C=O) groups excluding carboxylic acids is 1. The number of hydrogen-bond donors (Lipinski definition) is 0. The molecule has 8 heteroatoms. The lowest BCUT2D eigenvalue weighted by Crippen LogP contribution is -2.28. The fraction of sp³-hybridized carbons (Fsp3) is 0.263. The lowest BCUT2D eigenvalue weighted by atomic mass is 10.2. The third-order valence-electron chi connectivity index (χ3n) is 4.08. The van der Waals surface area contributed by atoms with Gasteiger partial charge < -0.3 is 9.32 Å². The van der Waals surface area contributed by atoms with E-state index in [2.05, 4.69) is 5.10 Å². The van der Waals surface area contributed by atoms with E-state index in [4.69, 9.17) is 4.42 Å². The predicted octanol–water partition coefficient (Wildman–Crippen LogP) is 4.37. The van der Waals surface area contributed by atoms with Crippen LogP contribution in [0.3, 0.4) is 0 Å². The molecule has 0 saturated heterocycles. The highest BCUT2D eigenvalue weighted by Gasteiger charge is 2.41. The molecule has 1 aromatic carbocycles. The third kappa shape index (κ3) is 3.89. The molecule has 5 nitrogen and oxygen atoms in total. The van der Waals surface area contributed by atoms with Crippen LogP contribution in [0.5, 0.6) is 0 Å². The van der Waals surface area contributed by atoms with Crippen molar-refractivity contribution in [3.8, 4) is 5.69 Å². The molecule has 27 heavy (non-hydrogen) atoms. The Bertz CT molecular complexity index is 955. The standard InChI is InChI=1S/C19H18F3N3O2/c1-12-4-7-14(8-5-12)25-17(19(20,21)22)16(10-23-25)18(26)24(3)11-15-9-6-13(2)27-15/h4-10H,11H2,1-3H3. The molecule has 0 unspecified atom stereocenters. The van der Waals surface area contributed by atoms with Crippen molar-refractivity contribution in [3.05, 3.63) is 70.9 Å².